The standard InChI is InChI=1S/C11H15ClO2/c1-4-14-10-8(11(2,3)13)6-5-7-9(10)12/h5-7,13H,4H2,1-3H3. The highest BCUT2D eigenvalue weighted by molar-refractivity contribution is 6.32. The number of ether oxygens (including phenoxy) is 1. The third-order valence-corrected chi connectivity index (χ3v) is 2.21. The number of hydrogen-bond donors (Lipinski definition) is 1. The molecule has 0 saturated heterocycles. The summed E-state index contributed by atoms with van der Waals surface area (Å²) in [6.45, 7) is 5.84. The molecule has 3 heteroatoms. The predicted molar refractivity (Wildman–Crippen MR) is 57.9 cm³/mol. The van der Waals surface area contributed by atoms with E-state index < -0.39 is 5.60 Å². The van der Waals surface area contributed by atoms with Crippen LogP contribution in [0.4, 0.5) is 0 Å². The maximum Gasteiger partial charge on any atom is 0.143 e. The van der Waals surface area contributed by atoms with Crippen molar-refractivity contribution in [3.8, 4) is 5.75 Å². The minimum atomic E-state index is -0.935. The molecule has 0 saturated carbocycles. The lowest BCUT2D eigenvalue weighted by Gasteiger charge is -2.21. The van der Waals surface area contributed by atoms with Crippen molar-refractivity contribution in [1.29, 1.82) is 0 Å². The molecular formula is C11H15ClO2. The molecule has 2 nitrogen and oxygen atoms in total. The highest BCUT2D eigenvalue weighted by Crippen LogP contribution is 2.35. The minimum absolute atomic E-state index is 0.534. The van der Waals surface area contributed by atoms with Crippen molar-refractivity contribution >= 4 is 11.6 Å². The molecule has 0 aromatic heterocycles. The molecule has 1 rings (SSSR count). The molecule has 0 aliphatic heterocycles. The van der Waals surface area contributed by atoms with Crippen molar-refractivity contribution < 1.29 is 9.84 Å². The van der Waals surface area contributed by atoms with E-state index >= 15 is 0 Å². The van der Waals surface area contributed by atoms with Crippen molar-refractivity contribution in [1.82, 2.24) is 0 Å². The Morgan fingerprint density at radius 3 is 2.57 bits per heavy atom. The molecule has 0 aliphatic carbocycles. The number of benzene rings is 1. The molecule has 0 unspecified atom stereocenters. The molecule has 1 aromatic carbocycles. The van der Waals surface area contributed by atoms with Crippen LogP contribution in [0, 0.1) is 0 Å². The van der Waals surface area contributed by atoms with Gasteiger partial charge in [-0.1, -0.05) is 23.7 Å². The van der Waals surface area contributed by atoms with Gasteiger partial charge in [-0.25, -0.2) is 0 Å². The van der Waals surface area contributed by atoms with Gasteiger partial charge >= 0.3 is 0 Å². The van der Waals surface area contributed by atoms with Crippen LogP contribution in [0.15, 0.2) is 18.2 Å². The number of aliphatic hydroxyl groups is 1. The van der Waals surface area contributed by atoms with Gasteiger partial charge in [0.2, 0.25) is 0 Å². The first-order chi connectivity index (χ1) is 6.46. The van der Waals surface area contributed by atoms with Crippen molar-refractivity contribution in [3.63, 3.8) is 0 Å². The minimum Gasteiger partial charge on any atom is -0.492 e. The van der Waals surface area contributed by atoms with Crippen LogP contribution in [0.3, 0.4) is 0 Å². The Hall–Kier alpha value is -0.730. The summed E-state index contributed by atoms with van der Waals surface area (Å²) in [6.07, 6.45) is 0. The highest BCUT2D eigenvalue weighted by atomic mass is 35.5. The fourth-order valence-corrected chi connectivity index (χ4v) is 1.51. The van der Waals surface area contributed by atoms with E-state index in [0.717, 1.165) is 0 Å². The van der Waals surface area contributed by atoms with Crippen LogP contribution >= 0.6 is 11.6 Å². The van der Waals surface area contributed by atoms with E-state index in [-0.39, 0.29) is 0 Å². The molecule has 0 amide bonds. The zero-order valence-corrected chi connectivity index (χ0v) is 9.43. The van der Waals surface area contributed by atoms with Gasteiger partial charge in [-0.2, -0.15) is 0 Å². The van der Waals surface area contributed by atoms with Crippen LogP contribution in [-0.2, 0) is 5.60 Å². The molecular weight excluding hydrogens is 200 g/mol. The fourth-order valence-electron chi connectivity index (χ4n) is 1.28. The zero-order valence-electron chi connectivity index (χ0n) is 8.67. The molecule has 0 atom stereocenters. The lowest BCUT2D eigenvalue weighted by Crippen LogP contribution is -2.17. The van der Waals surface area contributed by atoms with Crippen LogP contribution in [0.1, 0.15) is 26.3 Å². The molecule has 78 valence electrons. The quantitative estimate of drug-likeness (QED) is 0.839. The second kappa shape index (κ2) is 4.20. The number of halogens is 1. The van der Waals surface area contributed by atoms with E-state index in [1.54, 1.807) is 26.0 Å². The van der Waals surface area contributed by atoms with Crippen LogP contribution in [-0.4, -0.2) is 11.7 Å². The maximum atomic E-state index is 9.88. The summed E-state index contributed by atoms with van der Waals surface area (Å²) >= 11 is 5.98. The molecule has 1 aromatic rings. The predicted octanol–water partition coefficient (Wildman–Crippen LogP) is 2.97. The summed E-state index contributed by atoms with van der Waals surface area (Å²) in [4.78, 5) is 0. The van der Waals surface area contributed by atoms with Gasteiger partial charge in [0.05, 0.1) is 17.2 Å². The normalized spacial score (nSPS) is 11.5. The summed E-state index contributed by atoms with van der Waals surface area (Å²) in [5, 5.41) is 10.4. The Labute approximate surface area is 89.5 Å². The van der Waals surface area contributed by atoms with Crippen LogP contribution in [0.2, 0.25) is 5.02 Å². The molecule has 14 heavy (non-hydrogen) atoms. The third-order valence-electron chi connectivity index (χ3n) is 1.91. The van der Waals surface area contributed by atoms with Crippen LogP contribution < -0.4 is 4.74 Å². The zero-order chi connectivity index (χ0) is 10.8. The summed E-state index contributed by atoms with van der Waals surface area (Å²) < 4.78 is 5.40. The van der Waals surface area contributed by atoms with Gasteiger partial charge < -0.3 is 9.84 Å². The largest absolute Gasteiger partial charge is 0.492 e. The number of para-hydroxylation sites is 1. The molecule has 0 spiro atoms. The Kier molecular flexibility index (Phi) is 3.40. The smallest absolute Gasteiger partial charge is 0.143 e. The second-order valence-electron chi connectivity index (χ2n) is 3.61. The monoisotopic (exact) mass is 214 g/mol. The van der Waals surface area contributed by atoms with Gasteiger partial charge in [-0.05, 0) is 26.8 Å². The average Bonchev–Trinajstić information content (AvgIpc) is 2.07. The average molecular weight is 215 g/mol. The summed E-state index contributed by atoms with van der Waals surface area (Å²) in [7, 11) is 0. The van der Waals surface area contributed by atoms with Gasteiger partial charge in [0, 0.05) is 5.56 Å². The molecule has 0 aliphatic rings. The van der Waals surface area contributed by atoms with Crippen LogP contribution in [0.25, 0.3) is 0 Å². The van der Waals surface area contributed by atoms with Gasteiger partial charge in [0.1, 0.15) is 5.75 Å². The van der Waals surface area contributed by atoms with Crippen molar-refractivity contribution in [2.75, 3.05) is 6.61 Å². The Balaban J connectivity index is 3.21. The first-order valence-corrected chi connectivity index (χ1v) is 4.98. The van der Waals surface area contributed by atoms with E-state index in [1.165, 1.54) is 0 Å². The van der Waals surface area contributed by atoms with Crippen molar-refractivity contribution in [3.05, 3.63) is 28.8 Å². The summed E-state index contributed by atoms with van der Waals surface area (Å²) in [5.74, 6) is 0.573. The molecule has 0 fully saturated rings. The van der Waals surface area contributed by atoms with Gasteiger partial charge in [0.15, 0.2) is 0 Å². The van der Waals surface area contributed by atoms with Crippen LogP contribution in [0.5, 0.6) is 5.75 Å². The van der Waals surface area contributed by atoms with Crippen molar-refractivity contribution in [2.45, 2.75) is 26.4 Å². The van der Waals surface area contributed by atoms with Gasteiger partial charge in [0.25, 0.3) is 0 Å². The molecule has 0 heterocycles. The van der Waals surface area contributed by atoms with Gasteiger partial charge in [-0.15, -0.1) is 0 Å². The summed E-state index contributed by atoms with van der Waals surface area (Å²) in [5.41, 5.74) is -0.220. The first-order valence-electron chi connectivity index (χ1n) is 4.61. The third kappa shape index (κ3) is 2.40. The topological polar surface area (TPSA) is 29.5 Å². The molecule has 0 bridgehead atoms. The second-order valence-corrected chi connectivity index (χ2v) is 4.02. The van der Waals surface area contributed by atoms with E-state index in [9.17, 15) is 5.11 Å². The SMILES string of the molecule is CCOc1c(Cl)cccc1C(C)(C)O. The fraction of sp³-hybridized carbons (Fsp3) is 0.455. The Morgan fingerprint density at radius 1 is 1.43 bits per heavy atom. The van der Waals surface area contributed by atoms with E-state index in [2.05, 4.69) is 0 Å². The highest BCUT2D eigenvalue weighted by Gasteiger charge is 2.22. The Bertz CT molecular complexity index is 316. The summed E-state index contributed by atoms with van der Waals surface area (Å²) in [6, 6.07) is 5.37. The van der Waals surface area contributed by atoms with Gasteiger partial charge in [-0.3, -0.25) is 0 Å². The molecule has 0 radical (unpaired) electrons. The molecule has 1 N–H and O–H groups in total. The maximum absolute atomic E-state index is 9.88. The first kappa shape index (κ1) is 11.3. The lowest BCUT2D eigenvalue weighted by atomic mass is 9.97. The number of hydrogen-bond acceptors (Lipinski definition) is 2. The van der Waals surface area contributed by atoms with E-state index in [1.807, 2.05) is 13.0 Å². The van der Waals surface area contributed by atoms with Crippen molar-refractivity contribution in [2.24, 2.45) is 0 Å². The van der Waals surface area contributed by atoms with E-state index in [0.29, 0.717) is 22.9 Å². The van der Waals surface area contributed by atoms with E-state index in [4.69, 9.17) is 16.3 Å². The lowest BCUT2D eigenvalue weighted by molar-refractivity contribution is 0.0749. The Morgan fingerprint density at radius 2 is 2.07 bits per heavy atom. The number of rotatable bonds is 3.